The number of nitrogens with one attached hydrogen (secondary N) is 2. The van der Waals surface area contributed by atoms with E-state index < -0.39 is 0 Å². The molecule has 11 heteroatoms. The van der Waals surface area contributed by atoms with Crippen LogP contribution in [0.5, 0.6) is 0 Å². The highest BCUT2D eigenvalue weighted by molar-refractivity contribution is 7.18. The van der Waals surface area contributed by atoms with Gasteiger partial charge < -0.3 is 20.5 Å². The van der Waals surface area contributed by atoms with E-state index in [0.717, 1.165) is 98.1 Å². The zero-order valence-corrected chi connectivity index (χ0v) is 22.4. The summed E-state index contributed by atoms with van der Waals surface area (Å²) in [5, 5.41) is 22.6. The van der Waals surface area contributed by atoms with Crippen molar-refractivity contribution >= 4 is 39.1 Å². The van der Waals surface area contributed by atoms with Gasteiger partial charge in [0.1, 0.15) is 5.52 Å². The third-order valence-electron chi connectivity index (χ3n) is 8.10. The molecule has 2 saturated carbocycles. The number of hydrogen-bond donors (Lipinski definition) is 3. The Morgan fingerprint density at radius 2 is 1.76 bits per heavy atom. The summed E-state index contributed by atoms with van der Waals surface area (Å²) in [4.78, 5) is 18.1. The number of aliphatic hydroxyl groups excluding tert-OH is 1. The van der Waals surface area contributed by atoms with Crippen LogP contribution in [0.1, 0.15) is 69.3 Å². The maximum atomic E-state index is 9.82. The van der Waals surface area contributed by atoms with Crippen LogP contribution in [0, 0.1) is 0 Å². The molecule has 37 heavy (non-hydrogen) atoms. The molecule has 2 aliphatic carbocycles. The molecule has 10 nitrogen and oxygen atoms in total. The SMILES string of the molecule is CCc1nc2c(NC3CCC(N4CCOCC4)CC3)nc(Nc3cnn(C4CCC(O)CC4)c3)nc2s1. The highest BCUT2D eigenvalue weighted by atomic mass is 32.1. The first-order valence-electron chi connectivity index (χ1n) is 13.9. The van der Waals surface area contributed by atoms with Gasteiger partial charge in [-0.2, -0.15) is 15.1 Å². The number of aromatic nitrogens is 5. The van der Waals surface area contributed by atoms with Gasteiger partial charge in [0.15, 0.2) is 10.6 Å². The van der Waals surface area contributed by atoms with Crippen molar-refractivity contribution in [2.75, 3.05) is 36.9 Å². The molecule has 1 aliphatic heterocycles. The molecule has 4 heterocycles. The van der Waals surface area contributed by atoms with Crippen molar-refractivity contribution in [3.05, 3.63) is 17.4 Å². The molecule has 0 spiro atoms. The highest BCUT2D eigenvalue weighted by Gasteiger charge is 2.28. The summed E-state index contributed by atoms with van der Waals surface area (Å²) < 4.78 is 7.55. The summed E-state index contributed by atoms with van der Waals surface area (Å²) in [6.07, 6.45) is 12.8. The molecule has 0 unspecified atom stereocenters. The van der Waals surface area contributed by atoms with E-state index in [1.54, 1.807) is 11.3 Å². The molecule has 1 saturated heterocycles. The fourth-order valence-corrected chi connectivity index (χ4v) is 6.82. The molecule has 3 fully saturated rings. The van der Waals surface area contributed by atoms with Crippen LogP contribution < -0.4 is 10.6 Å². The van der Waals surface area contributed by atoms with E-state index in [4.69, 9.17) is 19.7 Å². The van der Waals surface area contributed by atoms with Crippen LogP contribution in [-0.4, -0.2) is 79.2 Å². The number of thiazole rings is 1. The van der Waals surface area contributed by atoms with Crippen molar-refractivity contribution in [3.63, 3.8) is 0 Å². The van der Waals surface area contributed by atoms with Crippen molar-refractivity contribution in [1.29, 1.82) is 0 Å². The van der Waals surface area contributed by atoms with Crippen molar-refractivity contribution in [1.82, 2.24) is 29.6 Å². The molecular formula is C26H38N8O2S. The van der Waals surface area contributed by atoms with Crippen molar-refractivity contribution < 1.29 is 9.84 Å². The van der Waals surface area contributed by atoms with Gasteiger partial charge >= 0.3 is 0 Å². The Bertz CT molecular complexity index is 1180. The number of morpholine rings is 1. The Morgan fingerprint density at radius 1 is 1.00 bits per heavy atom. The fraction of sp³-hybridized carbons (Fsp3) is 0.692. The van der Waals surface area contributed by atoms with E-state index in [9.17, 15) is 5.11 Å². The van der Waals surface area contributed by atoms with E-state index in [1.807, 2.05) is 17.1 Å². The summed E-state index contributed by atoms with van der Waals surface area (Å²) in [5.74, 6) is 1.40. The second-order valence-corrected chi connectivity index (χ2v) is 11.7. The van der Waals surface area contributed by atoms with Gasteiger partial charge in [-0.15, -0.1) is 0 Å². The van der Waals surface area contributed by atoms with Crippen LogP contribution >= 0.6 is 11.3 Å². The van der Waals surface area contributed by atoms with Gasteiger partial charge in [0.05, 0.1) is 42.3 Å². The number of hydrogen-bond acceptors (Lipinski definition) is 10. The molecule has 0 aromatic carbocycles. The number of aryl methyl sites for hydroxylation is 1. The van der Waals surface area contributed by atoms with Crippen LogP contribution in [0.2, 0.25) is 0 Å². The first-order valence-corrected chi connectivity index (χ1v) is 14.7. The molecule has 3 N–H and O–H groups in total. The fourth-order valence-electron chi connectivity index (χ4n) is 5.95. The van der Waals surface area contributed by atoms with Crippen LogP contribution in [-0.2, 0) is 11.2 Å². The van der Waals surface area contributed by atoms with E-state index in [0.29, 0.717) is 24.1 Å². The van der Waals surface area contributed by atoms with Gasteiger partial charge in [-0.25, -0.2) is 4.98 Å². The Morgan fingerprint density at radius 3 is 2.51 bits per heavy atom. The van der Waals surface area contributed by atoms with Crippen molar-refractivity contribution in [2.24, 2.45) is 0 Å². The number of anilines is 3. The Balaban J connectivity index is 1.16. The summed E-state index contributed by atoms with van der Waals surface area (Å²) in [6.45, 7) is 5.96. The Kier molecular flexibility index (Phi) is 7.55. The van der Waals surface area contributed by atoms with E-state index in [2.05, 4.69) is 27.6 Å². The lowest BCUT2D eigenvalue weighted by Crippen LogP contribution is -2.46. The summed E-state index contributed by atoms with van der Waals surface area (Å²) in [5.41, 5.74) is 1.75. The van der Waals surface area contributed by atoms with Gasteiger partial charge in [0.2, 0.25) is 5.95 Å². The Hall–Kier alpha value is -2.34. The van der Waals surface area contributed by atoms with E-state index in [1.165, 1.54) is 12.8 Å². The minimum Gasteiger partial charge on any atom is -0.393 e. The molecule has 0 atom stereocenters. The van der Waals surface area contributed by atoms with E-state index >= 15 is 0 Å². The summed E-state index contributed by atoms with van der Waals surface area (Å²) >= 11 is 1.64. The summed E-state index contributed by atoms with van der Waals surface area (Å²) in [7, 11) is 0. The lowest BCUT2D eigenvalue weighted by Gasteiger charge is -2.39. The molecule has 200 valence electrons. The zero-order chi connectivity index (χ0) is 25.2. The van der Waals surface area contributed by atoms with Crippen LogP contribution in [0.15, 0.2) is 12.4 Å². The molecular weight excluding hydrogens is 488 g/mol. The first kappa shape index (κ1) is 25.0. The molecule has 3 aromatic rings. The monoisotopic (exact) mass is 526 g/mol. The second kappa shape index (κ2) is 11.2. The third kappa shape index (κ3) is 5.74. The standard InChI is InChI=1S/C26H38N8O2S/c1-2-22-30-23-24(28-17-3-5-19(6-4-17)33-11-13-36-14-12-33)31-26(32-25(23)37-22)29-18-15-27-34(16-18)20-7-9-21(35)10-8-20/h15-17,19-21,35H,2-14H2,1H3,(H2,28,29,31,32). The topological polar surface area (TPSA) is 113 Å². The number of fused-ring (bicyclic) bond motifs is 1. The normalized spacial score (nSPS) is 27.4. The average molecular weight is 527 g/mol. The maximum Gasteiger partial charge on any atom is 0.230 e. The predicted octanol–water partition coefficient (Wildman–Crippen LogP) is 4.12. The molecule has 0 amide bonds. The number of ether oxygens (including phenoxy) is 1. The van der Waals surface area contributed by atoms with Gasteiger partial charge in [0, 0.05) is 31.4 Å². The maximum absolute atomic E-state index is 9.82. The van der Waals surface area contributed by atoms with Crippen LogP contribution in [0.4, 0.5) is 17.5 Å². The van der Waals surface area contributed by atoms with Crippen LogP contribution in [0.25, 0.3) is 10.3 Å². The van der Waals surface area contributed by atoms with Gasteiger partial charge in [-0.1, -0.05) is 18.3 Å². The largest absolute Gasteiger partial charge is 0.393 e. The van der Waals surface area contributed by atoms with Crippen LogP contribution in [0.3, 0.4) is 0 Å². The smallest absolute Gasteiger partial charge is 0.230 e. The molecule has 3 aliphatic rings. The zero-order valence-electron chi connectivity index (χ0n) is 21.6. The first-order chi connectivity index (χ1) is 18.1. The number of rotatable bonds is 7. The van der Waals surface area contributed by atoms with Gasteiger partial charge in [-0.3, -0.25) is 9.58 Å². The minimum absolute atomic E-state index is 0.169. The summed E-state index contributed by atoms with van der Waals surface area (Å²) in [6, 6.07) is 1.39. The van der Waals surface area contributed by atoms with E-state index in [-0.39, 0.29) is 6.10 Å². The number of nitrogens with zero attached hydrogens (tertiary/aromatic N) is 6. The minimum atomic E-state index is -0.169. The third-order valence-corrected chi connectivity index (χ3v) is 9.20. The molecule has 0 radical (unpaired) electrons. The highest BCUT2D eigenvalue weighted by Crippen LogP contribution is 2.32. The molecule has 3 aromatic heterocycles. The van der Waals surface area contributed by atoms with Crippen molar-refractivity contribution in [2.45, 2.75) is 88.9 Å². The average Bonchev–Trinajstić information content (AvgIpc) is 3.57. The van der Waals surface area contributed by atoms with Crippen molar-refractivity contribution in [3.8, 4) is 0 Å². The second-order valence-electron chi connectivity index (χ2n) is 10.6. The molecule has 0 bridgehead atoms. The lowest BCUT2D eigenvalue weighted by molar-refractivity contribution is 0.00791. The quantitative estimate of drug-likeness (QED) is 0.418. The lowest BCUT2D eigenvalue weighted by atomic mass is 9.90. The Labute approximate surface area is 221 Å². The number of aliphatic hydroxyl groups is 1. The van der Waals surface area contributed by atoms with Gasteiger partial charge in [-0.05, 0) is 57.8 Å². The van der Waals surface area contributed by atoms with Gasteiger partial charge in [0.25, 0.3) is 0 Å². The molecule has 6 rings (SSSR count). The predicted molar refractivity (Wildman–Crippen MR) is 146 cm³/mol.